The lowest BCUT2D eigenvalue weighted by Crippen LogP contribution is -2.37. The maximum Gasteiger partial charge on any atom is 0.191 e. The van der Waals surface area contributed by atoms with Crippen LogP contribution in [0.25, 0.3) is 0 Å². The van der Waals surface area contributed by atoms with Crippen LogP contribution in [0.2, 0.25) is 0 Å². The molecule has 0 saturated carbocycles. The molecule has 17 heavy (non-hydrogen) atoms. The number of hydrogen-bond donors (Lipinski definition) is 2. The Hall–Kier alpha value is -1.36. The van der Waals surface area contributed by atoms with Gasteiger partial charge in [0.05, 0.1) is 17.2 Å². The van der Waals surface area contributed by atoms with Gasteiger partial charge in [-0.1, -0.05) is 6.08 Å². The Morgan fingerprint density at radius 2 is 2.24 bits per heavy atom. The van der Waals surface area contributed by atoms with Crippen molar-refractivity contribution in [3.8, 4) is 0 Å². The molecule has 1 heterocycles. The third-order valence-corrected chi connectivity index (χ3v) is 3.20. The first-order valence-corrected chi connectivity index (χ1v) is 6.55. The van der Waals surface area contributed by atoms with Gasteiger partial charge in [-0.2, -0.15) is 0 Å². The van der Waals surface area contributed by atoms with Crippen molar-refractivity contribution in [3.63, 3.8) is 0 Å². The average molecular weight is 252 g/mol. The zero-order valence-corrected chi connectivity index (χ0v) is 11.5. The summed E-state index contributed by atoms with van der Waals surface area (Å²) in [4.78, 5) is 10.1. The molecular formula is C12H20N4S. The van der Waals surface area contributed by atoms with E-state index in [1.54, 1.807) is 11.3 Å². The quantitative estimate of drug-likeness (QED) is 0.479. The van der Waals surface area contributed by atoms with Gasteiger partial charge in [0.1, 0.15) is 0 Å². The Kier molecular flexibility index (Phi) is 5.69. The molecule has 0 spiro atoms. The molecule has 1 aromatic heterocycles. The molecule has 5 heteroatoms. The molecule has 1 aromatic rings. The third kappa shape index (κ3) is 4.56. The van der Waals surface area contributed by atoms with Crippen LogP contribution in [0.15, 0.2) is 17.6 Å². The van der Waals surface area contributed by atoms with E-state index in [4.69, 9.17) is 0 Å². The summed E-state index contributed by atoms with van der Waals surface area (Å²) in [6, 6.07) is 0. The van der Waals surface area contributed by atoms with Crippen molar-refractivity contribution in [2.75, 3.05) is 13.1 Å². The Labute approximate surface area is 107 Å². The lowest BCUT2D eigenvalue weighted by molar-refractivity contribution is 0.861. The molecule has 0 atom stereocenters. The Bertz CT molecular complexity index is 395. The van der Waals surface area contributed by atoms with Gasteiger partial charge in [-0.05, 0) is 20.8 Å². The molecule has 0 aliphatic heterocycles. The van der Waals surface area contributed by atoms with Gasteiger partial charge in [0, 0.05) is 18.0 Å². The summed E-state index contributed by atoms with van der Waals surface area (Å²) in [5.41, 5.74) is 1.08. The summed E-state index contributed by atoms with van der Waals surface area (Å²) in [7, 11) is 0. The zero-order chi connectivity index (χ0) is 12.7. The van der Waals surface area contributed by atoms with Crippen molar-refractivity contribution >= 4 is 17.3 Å². The number of nitrogens with zero attached hydrogens (tertiary/aromatic N) is 2. The van der Waals surface area contributed by atoms with Gasteiger partial charge in [-0.25, -0.2) is 9.98 Å². The predicted molar refractivity (Wildman–Crippen MR) is 74.6 cm³/mol. The highest BCUT2D eigenvalue weighted by atomic mass is 32.1. The highest BCUT2D eigenvalue weighted by Gasteiger charge is 2.04. The Morgan fingerprint density at radius 3 is 2.76 bits per heavy atom. The summed E-state index contributed by atoms with van der Waals surface area (Å²) >= 11 is 1.70. The van der Waals surface area contributed by atoms with Crippen molar-refractivity contribution in [2.45, 2.75) is 27.3 Å². The van der Waals surface area contributed by atoms with Gasteiger partial charge < -0.3 is 10.6 Å². The fourth-order valence-electron chi connectivity index (χ4n) is 1.38. The van der Waals surface area contributed by atoms with E-state index in [-0.39, 0.29) is 0 Å². The molecule has 0 bridgehead atoms. The molecule has 1 rings (SSSR count). The van der Waals surface area contributed by atoms with E-state index >= 15 is 0 Å². The van der Waals surface area contributed by atoms with Crippen molar-refractivity contribution in [2.24, 2.45) is 4.99 Å². The fourth-order valence-corrected chi connectivity index (χ4v) is 2.24. The minimum Gasteiger partial charge on any atom is -0.357 e. The second kappa shape index (κ2) is 7.06. The lowest BCUT2D eigenvalue weighted by atomic mass is 10.4. The van der Waals surface area contributed by atoms with Crippen LogP contribution in [-0.2, 0) is 6.54 Å². The van der Waals surface area contributed by atoms with E-state index in [9.17, 15) is 0 Å². The van der Waals surface area contributed by atoms with Crippen LogP contribution >= 0.6 is 11.3 Å². The monoisotopic (exact) mass is 252 g/mol. The molecule has 0 aromatic carbocycles. The normalized spacial score (nSPS) is 11.4. The van der Waals surface area contributed by atoms with Gasteiger partial charge >= 0.3 is 0 Å². The first kappa shape index (κ1) is 13.7. The molecule has 0 radical (unpaired) electrons. The SMILES string of the molecule is C=CCNC(=NCc1sc(C)nc1C)NCC. The minimum atomic E-state index is 0.670. The van der Waals surface area contributed by atoms with Gasteiger partial charge in [0.25, 0.3) is 0 Å². The Balaban J connectivity index is 2.64. The largest absolute Gasteiger partial charge is 0.357 e. The average Bonchev–Trinajstić information content (AvgIpc) is 2.61. The summed E-state index contributed by atoms with van der Waals surface area (Å²) in [6.45, 7) is 12.0. The maximum absolute atomic E-state index is 4.51. The molecule has 4 nitrogen and oxygen atoms in total. The van der Waals surface area contributed by atoms with Crippen molar-refractivity contribution < 1.29 is 0 Å². The molecule has 0 fully saturated rings. The minimum absolute atomic E-state index is 0.670. The van der Waals surface area contributed by atoms with Gasteiger partial charge in [0.15, 0.2) is 5.96 Å². The molecule has 2 N–H and O–H groups in total. The van der Waals surface area contributed by atoms with Gasteiger partial charge in [-0.15, -0.1) is 17.9 Å². The van der Waals surface area contributed by atoms with Crippen molar-refractivity contribution in [1.82, 2.24) is 15.6 Å². The number of hydrogen-bond acceptors (Lipinski definition) is 3. The first-order valence-electron chi connectivity index (χ1n) is 5.73. The molecular weight excluding hydrogens is 232 g/mol. The number of aliphatic imine (C=N–C) groups is 1. The zero-order valence-electron chi connectivity index (χ0n) is 10.7. The van der Waals surface area contributed by atoms with Gasteiger partial charge in [0.2, 0.25) is 0 Å². The van der Waals surface area contributed by atoms with Crippen LogP contribution in [0.4, 0.5) is 0 Å². The van der Waals surface area contributed by atoms with Crippen LogP contribution in [0, 0.1) is 13.8 Å². The number of nitrogens with one attached hydrogen (secondary N) is 2. The van der Waals surface area contributed by atoms with Gasteiger partial charge in [-0.3, -0.25) is 0 Å². The number of guanidine groups is 1. The third-order valence-electron chi connectivity index (χ3n) is 2.14. The number of aryl methyl sites for hydroxylation is 2. The van der Waals surface area contributed by atoms with E-state index in [1.165, 1.54) is 4.88 Å². The van der Waals surface area contributed by atoms with Crippen LogP contribution < -0.4 is 10.6 Å². The van der Waals surface area contributed by atoms with Crippen LogP contribution in [0.1, 0.15) is 22.5 Å². The Morgan fingerprint density at radius 1 is 1.47 bits per heavy atom. The lowest BCUT2D eigenvalue weighted by Gasteiger charge is -2.08. The van der Waals surface area contributed by atoms with Crippen LogP contribution in [-0.4, -0.2) is 24.0 Å². The molecule has 94 valence electrons. The van der Waals surface area contributed by atoms with E-state index in [1.807, 2.05) is 26.8 Å². The van der Waals surface area contributed by atoms with E-state index in [0.29, 0.717) is 13.1 Å². The summed E-state index contributed by atoms with van der Waals surface area (Å²) in [6.07, 6.45) is 1.81. The highest BCUT2D eigenvalue weighted by Crippen LogP contribution is 2.17. The van der Waals surface area contributed by atoms with Crippen molar-refractivity contribution in [3.05, 3.63) is 28.2 Å². The van der Waals surface area contributed by atoms with E-state index < -0.39 is 0 Å². The smallest absolute Gasteiger partial charge is 0.191 e. The summed E-state index contributed by atoms with van der Waals surface area (Å²) in [5, 5.41) is 7.46. The summed E-state index contributed by atoms with van der Waals surface area (Å²) in [5.74, 6) is 0.817. The topological polar surface area (TPSA) is 49.3 Å². The number of rotatable bonds is 5. The highest BCUT2D eigenvalue weighted by molar-refractivity contribution is 7.11. The second-order valence-corrected chi connectivity index (χ2v) is 4.89. The molecule has 0 saturated heterocycles. The predicted octanol–water partition coefficient (Wildman–Crippen LogP) is 2.00. The van der Waals surface area contributed by atoms with Crippen LogP contribution in [0.3, 0.4) is 0 Å². The van der Waals surface area contributed by atoms with Crippen molar-refractivity contribution in [1.29, 1.82) is 0 Å². The van der Waals surface area contributed by atoms with E-state index in [2.05, 4.69) is 27.2 Å². The molecule has 0 unspecified atom stereocenters. The van der Waals surface area contributed by atoms with E-state index in [0.717, 1.165) is 23.2 Å². The standard InChI is InChI=1S/C12H20N4S/c1-5-7-14-12(13-6-2)15-8-11-9(3)16-10(4)17-11/h5H,1,6-8H2,2-4H3,(H2,13,14,15). The first-order chi connectivity index (χ1) is 8.17. The number of thiazole rings is 1. The molecule has 0 amide bonds. The fraction of sp³-hybridized carbons (Fsp3) is 0.500. The summed E-state index contributed by atoms with van der Waals surface area (Å²) < 4.78 is 0. The number of aromatic nitrogens is 1. The second-order valence-electron chi connectivity index (χ2n) is 3.61. The molecule has 0 aliphatic rings. The maximum atomic E-state index is 4.51. The van der Waals surface area contributed by atoms with Crippen LogP contribution in [0.5, 0.6) is 0 Å². The molecule has 0 aliphatic carbocycles.